The van der Waals surface area contributed by atoms with Gasteiger partial charge in [0, 0.05) is 24.5 Å². The molecule has 1 aliphatic rings. The van der Waals surface area contributed by atoms with Gasteiger partial charge in [0.15, 0.2) is 0 Å². The van der Waals surface area contributed by atoms with Gasteiger partial charge in [-0.25, -0.2) is 4.98 Å². The molecule has 1 unspecified atom stereocenters. The van der Waals surface area contributed by atoms with E-state index in [2.05, 4.69) is 29.1 Å². The molecular weight excluding hydrogens is 186 g/mol. The molecule has 1 aliphatic carbocycles. The fraction of sp³-hybridized carbons (Fsp3) is 0.750. The summed E-state index contributed by atoms with van der Waals surface area (Å²) in [7, 11) is 0. The largest absolute Gasteiger partial charge is 0.345 e. The zero-order valence-corrected chi connectivity index (χ0v) is 9.93. The summed E-state index contributed by atoms with van der Waals surface area (Å²) in [5.74, 6) is 0.999. The highest BCUT2D eigenvalue weighted by Crippen LogP contribution is 2.36. The molecule has 84 valence electrons. The number of aromatic amines is 1. The van der Waals surface area contributed by atoms with Crippen LogP contribution in [0.5, 0.6) is 0 Å². The molecule has 15 heavy (non-hydrogen) atoms. The summed E-state index contributed by atoms with van der Waals surface area (Å²) in [6.45, 7) is 7.62. The number of hydrogen-bond donors (Lipinski definition) is 2. The van der Waals surface area contributed by atoms with Crippen molar-refractivity contribution in [3.63, 3.8) is 0 Å². The Bertz CT molecular complexity index is 327. The number of nitrogens with zero attached hydrogens (tertiary/aromatic N) is 1. The van der Waals surface area contributed by atoms with Crippen LogP contribution in [0.4, 0.5) is 0 Å². The van der Waals surface area contributed by atoms with Gasteiger partial charge in [0.1, 0.15) is 5.82 Å². The molecular formula is C12H21N3. The molecule has 1 saturated carbocycles. The summed E-state index contributed by atoms with van der Waals surface area (Å²) >= 11 is 0. The van der Waals surface area contributed by atoms with Gasteiger partial charge < -0.3 is 10.3 Å². The van der Waals surface area contributed by atoms with Crippen molar-refractivity contribution in [2.75, 3.05) is 0 Å². The number of aryl methyl sites for hydroxylation is 1. The van der Waals surface area contributed by atoms with Crippen molar-refractivity contribution in [1.29, 1.82) is 0 Å². The molecule has 1 atom stereocenters. The Balaban J connectivity index is 1.80. The second kappa shape index (κ2) is 3.97. The fourth-order valence-electron chi connectivity index (χ4n) is 2.43. The van der Waals surface area contributed by atoms with Crippen molar-refractivity contribution in [2.24, 2.45) is 5.41 Å². The van der Waals surface area contributed by atoms with Crippen LogP contribution in [0.25, 0.3) is 0 Å². The third kappa shape index (κ3) is 2.81. The molecule has 1 aromatic heterocycles. The molecule has 1 aromatic rings. The van der Waals surface area contributed by atoms with E-state index in [0.29, 0.717) is 11.5 Å². The first-order valence-corrected chi connectivity index (χ1v) is 5.79. The van der Waals surface area contributed by atoms with E-state index in [9.17, 15) is 0 Å². The van der Waals surface area contributed by atoms with Crippen LogP contribution in [0.2, 0.25) is 0 Å². The number of imidazole rings is 1. The van der Waals surface area contributed by atoms with E-state index in [-0.39, 0.29) is 0 Å². The minimum atomic E-state index is 0.529. The van der Waals surface area contributed by atoms with Crippen LogP contribution < -0.4 is 5.32 Å². The van der Waals surface area contributed by atoms with E-state index in [1.165, 1.54) is 25.0 Å². The molecule has 3 heteroatoms. The van der Waals surface area contributed by atoms with Gasteiger partial charge in [0.25, 0.3) is 0 Å². The van der Waals surface area contributed by atoms with Crippen LogP contribution >= 0.6 is 0 Å². The lowest BCUT2D eigenvalue weighted by atomic mass is 9.92. The quantitative estimate of drug-likeness (QED) is 0.799. The monoisotopic (exact) mass is 207 g/mol. The maximum Gasteiger partial charge on any atom is 0.103 e. The van der Waals surface area contributed by atoms with Gasteiger partial charge in [-0.2, -0.15) is 0 Å². The molecule has 0 bridgehead atoms. The Morgan fingerprint density at radius 2 is 2.40 bits per heavy atom. The number of nitrogens with one attached hydrogen (secondary N) is 2. The van der Waals surface area contributed by atoms with Gasteiger partial charge in [-0.15, -0.1) is 0 Å². The first-order valence-electron chi connectivity index (χ1n) is 5.79. The molecule has 0 spiro atoms. The van der Waals surface area contributed by atoms with Crippen LogP contribution in [0.1, 0.15) is 44.6 Å². The van der Waals surface area contributed by atoms with Gasteiger partial charge in [-0.1, -0.05) is 13.8 Å². The van der Waals surface area contributed by atoms with Crippen LogP contribution in [0, 0.1) is 12.3 Å². The van der Waals surface area contributed by atoms with E-state index in [0.717, 1.165) is 12.4 Å². The van der Waals surface area contributed by atoms with Gasteiger partial charge in [0.05, 0.1) is 0 Å². The summed E-state index contributed by atoms with van der Waals surface area (Å²) in [5.41, 5.74) is 1.72. The minimum absolute atomic E-state index is 0.529. The SMILES string of the molecule is Cc1ncc(CNC2CCC(C)(C)C2)[nH]1. The van der Waals surface area contributed by atoms with Crippen molar-refractivity contribution in [1.82, 2.24) is 15.3 Å². The Hall–Kier alpha value is -0.830. The average molecular weight is 207 g/mol. The minimum Gasteiger partial charge on any atom is -0.345 e. The average Bonchev–Trinajstić information content (AvgIpc) is 2.69. The van der Waals surface area contributed by atoms with Crippen molar-refractivity contribution in [2.45, 2.75) is 52.6 Å². The van der Waals surface area contributed by atoms with Gasteiger partial charge in [-0.3, -0.25) is 0 Å². The Kier molecular flexibility index (Phi) is 2.83. The molecule has 0 radical (unpaired) electrons. The van der Waals surface area contributed by atoms with Crippen LogP contribution in [-0.2, 0) is 6.54 Å². The van der Waals surface area contributed by atoms with E-state index in [4.69, 9.17) is 0 Å². The summed E-state index contributed by atoms with van der Waals surface area (Å²) in [6.07, 6.45) is 5.86. The summed E-state index contributed by atoms with van der Waals surface area (Å²) in [5, 5.41) is 3.60. The standard InChI is InChI=1S/C12H21N3/c1-9-13-7-11(15-9)8-14-10-4-5-12(2,3)6-10/h7,10,14H,4-6,8H2,1-3H3,(H,13,15). The highest BCUT2D eigenvalue weighted by Gasteiger charge is 2.30. The third-order valence-electron chi connectivity index (χ3n) is 3.31. The number of hydrogen-bond acceptors (Lipinski definition) is 2. The second-order valence-electron chi connectivity index (χ2n) is 5.48. The lowest BCUT2D eigenvalue weighted by Crippen LogP contribution is -2.26. The fourth-order valence-corrected chi connectivity index (χ4v) is 2.43. The Morgan fingerprint density at radius 1 is 1.60 bits per heavy atom. The number of H-pyrrole nitrogens is 1. The van der Waals surface area contributed by atoms with Crippen molar-refractivity contribution < 1.29 is 0 Å². The van der Waals surface area contributed by atoms with Crippen molar-refractivity contribution in [3.05, 3.63) is 17.7 Å². The lowest BCUT2D eigenvalue weighted by Gasteiger charge is -2.17. The molecule has 2 rings (SSSR count). The maximum absolute atomic E-state index is 4.19. The molecule has 0 aromatic carbocycles. The molecule has 3 nitrogen and oxygen atoms in total. The van der Waals surface area contributed by atoms with Crippen molar-refractivity contribution >= 4 is 0 Å². The first kappa shape index (κ1) is 10.7. The molecule has 0 saturated heterocycles. The lowest BCUT2D eigenvalue weighted by molar-refractivity contribution is 0.364. The highest BCUT2D eigenvalue weighted by atomic mass is 15.0. The van der Waals surface area contributed by atoms with Crippen LogP contribution in [-0.4, -0.2) is 16.0 Å². The highest BCUT2D eigenvalue weighted by molar-refractivity contribution is 5.00. The maximum atomic E-state index is 4.19. The Morgan fingerprint density at radius 3 is 2.93 bits per heavy atom. The van der Waals surface area contributed by atoms with E-state index >= 15 is 0 Å². The predicted octanol–water partition coefficient (Wildman–Crippen LogP) is 2.39. The van der Waals surface area contributed by atoms with E-state index in [1.54, 1.807) is 0 Å². The number of rotatable bonds is 3. The summed E-state index contributed by atoms with van der Waals surface area (Å²) < 4.78 is 0. The zero-order chi connectivity index (χ0) is 10.9. The summed E-state index contributed by atoms with van der Waals surface area (Å²) in [6, 6.07) is 0.684. The van der Waals surface area contributed by atoms with Gasteiger partial charge >= 0.3 is 0 Å². The smallest absolute Gasteiger partial charge is 0.103 e. The zero-order valence-electron chi connectivity index (χ0n) is 9.93. The summed E-state index contributed by atoms with van der Waals surface area (Å²) in [4.78, 5) is 7.44. The van der Waals surface area contributed by atoms with Crippen molar-refractivity contribution in [3.8, 4) is 0 Å². The van der Waals surface area contributed by atoms with Gasteiger partial charge in [-0.05, 0) is 31.6 Å². The second-order valence-corrected chi connectivity index (χ2v) is 5.48. The number of aromatic nitrogens is 2. The first-order chi connectivity index (χ1) is 7.05. The van der Waals surface area contributed by atoms with Crippen LogP contribution in [0.15, 0.2) is 6.20 Å². The Labute approximate surface area is 91.7 Å². The van der Waals surface area contributed by atoms with Crippen LogP contribution in [0.3, 0.4) is 0 Å². The predicted molar refractivity (Wildman–Crippen MR) is 61.6 cm³/mol. The topological polar surface area (TPSA) is 40.7 Å². The molecule has 0 amide bonds. The molecule has 2 N–H and O–H groups in total. The molecule has 1 fully saturated rings. The van der Waals surface area contributed by atoms with Gasteiger partial charge in [0.2, 0.25) is 0 Å². The normalized spacial score (nSPS) is 24.6. The van der Waals surface area contributed by atoms with E-state index < -0.39 is 0 Å². The molecule has 0 aliphatic heterocycles. The van der Waals surface area contributed by atoms with E-state index in [1.807, 2.05) is 13.1 Å². The molecule has 1 heterocycles. The third-order valence-corrected chi connectivity index (χ3v) is 3.31.